The van der Waals surface area contributed by atoms with E-state index in [2.05, 4.69) is 29.1 Å². The van der Waals surface area contributed by atoms with Crippen molar-refractivity contribution in [3.63, 3.8) is 0 Å². The minimum atomic E-state index is 0.219. The maximum absolute atomic E-state index is 5.86. The topological polar surface area (TPSA) is 63.8 Å². The molecule has 1 fully saturated rings. The predicted molar refractivity (Wildman–Crippen MR) is 71.0 cm³/mol. The Morgan fingerprint density at radius 1 is 1.35 bits per heavy atom. The molecule has 1 aromatic rings. The molecule has 0 amide bonds. The van der Waals surface area contributed by atoms with Gasteiger partial charge in [-0.2, -0.15) is 4.98 Å². The number of nitrogens with two attached hydrogens (primary N) is 1. The molecule has 94 valence electrons. The van der Waals surface area contributed by atoms with E-state index in [1.165, 1.54) is 19.3 Å². The van der Waals surface area contributed by atoms with E-state index in [4.69, 9.17) is 17.3 Å². The zero-order chi connectivity index (χ0) is 12.4. The fourth-order valence-electron chi connectivity index (χ4n) is 2.58. The molecule has 3 N–H and O–H groups in total. The molecule has 1 aromatic heterocycles. The van der Waals surface area contributed by atoms with E-state index >= 15 is 0 Å². The van der Waals surface area contributed by atoms with Crippen LogP contribution < -0.4 is 11.1 Å². The van der Waals surface area contributed by atoms with E-state index in [0.717, 1.165) is 11.7 Å². The van der Waals surface area contributed by atoms with Crippen LogP contribution in [0.2, 0.25) is 5.15 Å². The summed E-state index contributed by atoms with van der Waals surface area (Å²) in [6.45, 7) is 4.59. The van der Waals surface area contributed by atoms with Gasteiger partial charge in [0.15, 0.2) is 0 Å². The first-order valence-corrected chi connectivity index (χ1v) is 6.49. The summed E-state index contributed by atoms with van der Waals surface area (Å²) in [5.74, 6) is 2.42. The van der Waals surface area contributed by atoms with Crippen LogP contribution in [0.4, 0.5) is 11.8 Å². The summed E-state index contributed by atoms with van der Waals surface area (Å²) >= 11 is 5.86. The fraction of sp³-hybridized carbons (Fsp3) is 0.667. The molecule has 0 spiro atoms. The highest BCUT2D eigenvalue weighted by molar-refractivity contribution is 6.29. The van der Waals surface area contributed by atoms with Crippen molar-refractivity contribution in [3.8, 4) is 0 Å². The summed E-state index contributed by atoms with van der Waals surface area (Å²) in [6.07, 6.45) is 3.69. The molecule has 4 nitrogen and oxygen atoms in total. The Kier molecular flexibility index (Phi) is 3.72. The number of aromatic nitrogens is 2. The Hall–Kier alpha value is -1.03. The van der Waals surface area contributed by atoms with Gasteiger partial charge in [0.05, 0.1) is 0 Å². The average Bonchev–Trinajstić information content (AvgIpc) is 2.21. The number of hydrogen-bond donors (Lipinski definition) is 2. The van der Waals surface area contributed by atoms with Crippen molar-refractivity contribution >= 4 is 23.4 Å². The van der Waals surface area contributed by atoms with Crippen molar-refractivity contribution in [2.24, 2.45) is 11.8 Å². The van der Waals surface area contributed by atoms with E-state index in [9.17, 15) is 0 Å². The average molecular weight is 255 g/mol. The van der Waals surface area contributed by atoms with Crippen molar-refractivity contribution in [1.82, 2.24) is 9.97 Å². The highest BCUT2D eigenvalue weighted by Gasteiger charge is 2.25. The summed E-state index contributed by atoms with van der Waals surface area (Å²) in [5.41, 5.74) is 5.57. The Bertz CT molecular complexity index is 376. The van der Waals surface area contributed by atoms with Crippen LogP contribution in [-0.2, 0) is 0 Å². The van der Waals surface area contributed by atoms with E-state index in [0.29, 0.717) is 17.1 Å². The second kappa shape index (κ2) is 5.08. The molecule has 5 heteroatoms. The molecule has 0 radical (unpaired) electrons. The third-order valence-corrected chi connectivity index (χ3v) is 3.67. The lowest BCUT2D eigenvalue weighted by Crippen LogP contribution is -2.33. The Morgan fingerprint density at radius 2 is 2.12 bits per heavy atom. The first kappa shape index (κ1) is 12.4. The summed E-state index contributed by atoms with van der Waals surface area (Å²) < 4.78 is 0. The number of nitrogens with one attached hydrogen (secondary N) is 1. The number of halogens is 1. The molecule has 1 aliphatic rings. The van der Waals surface area contributed by atoms with Gasteiger partial charge in [0.1, 0.15) is 11.0 Å². The van der Waals surface area contributed by atoms with Crippen LogP contribution in [0.3, 0.4) is 0 Å². The van der Waals surface area contributed by atoms with E-state index in [1.54, 1.807) is 6.07 Å². The quantitative estimate of drug-likeness (QED) is 0.797. The van der Waals surface area contributed by atoms with Gasteiger partial charge in [0.2, 0.25) is 5.95 Å². The van der Waals surface area contributed by atoms with Gasteiger partial charge in [0.25, 0.3) is 0 Å². The van der Waals surface area contributed by atoms with Gasteiger partial charge < -0.3 is 11.1 Å². The Labute approximate surface area is 107 Å². The molecule has 2 rings (SSSR count). The molecule has 0 saturated heterocycles. The van der Waals surface area contributed by atoms with Gasteiger partial charge in [0, 0.05) is 12.1 Å². The summed E-state index contributed by atoms with van der Waals surface area (Å²) in [5, 5.41) is 3.80. The third-order valence-electron chi connectivity index (χ3n) is 3.48. The van der Waals surface area contributed by atoms with Crippen molar-refractivity contribution in [2.45, 2.75) is 39.2 Å². The lowest BCUT2D eigenvalue weighted by atomic mass is 9.80. The van der Waals surface area contributed by atoms with Crippen LogP contribution in [0, 0.1) is 11.8 Å². The summed E-state index contributed by atoms with van der Waals surface area (Å²) in [4.78, 5) is 8.00. The smallest absolute Gasteiger partial charge is 0.223 e. The summed E-state index contributed by atoms with van der Waals surface area (Å²) in [6, 6.07) is 2.18. The third kappa shape index (κ3) is 3.22. The maximum Gasteiger partial charge on any atom is 0.223 e. The number of anilines is 2. The largest absolute Gasteiger partial charge is 0.368 e. The number of hydrogen-bond acceptors (Lipinski definition) is 4. The predicted octanol–water partition coefficient (Wildman–Crippen LogP) is 2.95. The first-order valence-electron chi connectivity index (χ1n) is 6.11. The van der Waals surface area contributed by atoms with Crippen LogP contribution in [0.25, 0.3) is 0 Å². The van der Waals surface area contributed by atoms with Crippen LogP contribution in [-0.4, -0.2) is 16.0 Å². The van der Waals surface area contributed by atoms with Crippen molar-refractivity contribution in [2.75, 3.05) is 11.1 Å². The molecule has 17 heavy (non-hydrogen) atoms. The van der Waals surface area contributed by atoms with Gasteiger partial charge >= 0.3 is 0 Å². The van der Waals surface area contributed by atoms with Crippen LogP contribution in [0.5, 0.6) is 0 Å². The lowest BCUT2D eigenvalue weighted by molar-refractivity contribution is 0.276. The van der Waals surface area contributed by atoms with Gasteiger partial charge in [-0.05, 0) is 31.1 Å². The highest BCUT2D eigenvalue weighted by Crippen LogP contribution is 2.30. The van der Waals surface area contributed by atoms with E-state index in [-0.39, 0.29) is 5.95 Å². The maximum atomic E-state index is 5.86. The van der Waals surface area contributed by atoms with Gasteiger partial charge in [-0.3, -0.25) is 0 Å². The fourth-order valence-corrected chi connectivity index (χ4v) is 2.77. The van der Waals surface area contributed by atoms with E-state index < -0.39 is 0 Å². The van der Waals surface area contributed by atoms with Gasteiger partial charge in [-0.1, -0.05) is 25.4 Å². The molecule has 3 atom stereocenters. The number of nitrogen functional groups attached to an aromatic ring is 1. The van der Waals surface area contributed by atoms with Crippen LogP contribution in [0.1, 0.15) is 33.1 Å². The molecule has 0 aliphatic heterocycles. The van der Waals surface area contributed by atoms with Gasteiger partial charge in [-0.15, -0.1) is 0 Å². The summed E-state index contributed by atoms with van der Waals surface area (Å²) in [7, 11) is 0. The molecule has 0 bridgehead atoms. The lowest BCUT2D eigenvalue weighted by Gasteiger charge is -2.33. The van der Waals surface area contributed by atoms with Crippen molar-refractivity contribution in [3.05, 3.63) is 11.2 Å². The van der Waals surface area contributed by atoms with Crippen molar-refractivity contribution < 1.29 is 0 Å². The molecule has 1 saturated carbocycles. The SMILES string of the molecule is CC1CCC(Nc2cc(Cl)nc(N)n2)C(C)C1. The van der Waals surface area contributed by atoms with E-state index in [1.807, 2.05) is 0 Å². The second-order valence-electron chi connectivity index (χ2n) is 5.08. The molecule has 1 heterocycles. The number of nitrogens with zero attached hydrogens (tertiary/aromatic N) is 2. The van der Waals surface area contributed by atoms with Gasteiger partial charge in [-0.25, -0.2) is 4.98 Å². The second-order valence-corrected chi connectivity index (χ2v) is 5.47. The Balaban J connectivity index is 2.05. The van der Waals surface area contributed by atoms with Crippen molar-refractivity contribution in [1.29, 1.82) is 0 Å². The number of rotatable bonds is 2. The molecule has 0 aromatic carbocycles. The Morgan fingerprint density at radius 3 is 2.76 bits per heavy atom. The monoisotopic (exact) mass is 254 g/mol. The van der Waals surface area contributed by atoms with Crippen LogP contribution >= 0.6 is 11.6 Å². The minimum absolute atomic E-state index is 0.219. The highest BCUT2D eigenvalue weighted by atomic mass is 35.5. The first-order chi connectivity index (χ1) is 8.04. The molecular formula is C12H19ClN4. The normalized spacial score (nSPS) is 29.0. The standard InChI is InChI=1S/C12H19ClN4/c1-7-3-4-9(8(2)5-7)15-11-6-10(13)16-12(14)17-11/h6-9H,3-5H2,1-2H3,(H3,14,15,16,17). The molecule has 3 unspecified atom stereocenters. The zero-order valence-electron chi connectivity index (χ0n) is 10.3. The molecular weight excluding hydrogens is 236 g/mol. The zero-order valence-corrected chi connectivity index (χ0v) is 11.0. The minimum Gasteiger partial charge on any atom is -0.368 e. The van der Waals surface area contributed by atoms with Crippen LogP contribution in [0.15, 0.2) is 6.07 Å². The molecule has 1 aliphatic carbocycles.